The highest BCUT2D eigenvalue weighted by Gasteiger charge is 2.33. The summed E-state index contributed by atoms with van der Waals surface area (Å²) < 4.78 is 44.1. The van der Waals surface area contributed by atoms with Gasteiger partial charge in [0.05, 0.1) is 23.7 Å². The number of benzene rings is 4. The summed E-state index contributed by atoms with van der Waals surface area (Å²) >= 11 is 1.63. The molecule has 266 valence electrons. The number of nitrogens with zero attached hydrogens (tertiary/aromatic N) is 2. The minimum Gasteiger partial charge on any atom is -0.392 e. The van der Waals surface area contributed by atoms with Crippen LogP contribution in [0.3, 0.4) is 0 Å². The average molecular weight is 727 g/mol. The van der Waals surface area contributed by atoms with Crippen molar-refractivity contribution < 1.29 is 27.8 Å². The third-order valence-corrected chi connectivity index (χ3v) is 11.4. The summed E-state index contributed by atoms with van der Waals surface area (Å²) in [7, 11) is -1.99. The van der Waals surface area contributed by atoms with Crippen molar-refractivity contribution >= 4 is 27.7 Å². The van der Waals surface area contributed by atoms with Gasteiger partial charge >= 0.3 is 0 Å². The van der Waals surface area contributed by atoms with Gasteiger partial charge in [-0.25, -0.2) is 13.4 Å². The molecule has 10 nitrogen and oxygen atoms in total. The van der Waals surface area contributed by atoms with Gasteiger partial charge in [-0.3, -0.25) is 4.79 Å². The van der Waals surface area contributed by atoms with E-state index in [4.69, 9.17) is 9.47 Å². The topological polar surface area (TPSA) is 132 Å². The Hall–Kier alpha value is -4.30. The minimum absolute atomic E-state index is 0.0238. The fourth-order valence-corrected chi connectivity index (χ4v) is 7.94. The molecule has 1 aliphatic heterocycles. The number of aromatic nitrogens is 2. The van der Waals surface area contributed by atoms with Crippen LogP contribution in [0.4, 0.5) is 0 Å². The van der Waals surface area contributed by atoms with E-state index in [0.29, 0.717) is 12.2 Å². The second-order valence-electron chi connectivity index (χ2n) is 12.6. The zero-order chi connectivity index (χ0) is 35.8. The molecule has 51 heavy (non-hydrogen) atoms. The fraction of sp³-hybridized carbons (Fsp3) is 0.282. The SMILES string of the molecule is Cc1ccc(S(=O)(=O)N[C@H](Cc2ccccc2)C(=O)NCc2ccc([C@@H]3O[C@H](CSc4nccn4C)C[C@H](c4ccc(CO)cc4)O3)cc2)cc1. The van der Waals surface area contributed by atoms with Gasteiger partial charge in [0.15, 0.2) is 11.4 Å². The van der Waals surface area contributed by atoms with Gasteiger partial charge in [-0.15, -0.1) is 0 Å². The maximum Gasteiger partial charge on any atom is 0.241 e. The Balaban J connectivity index is 1.13. The van der Waals surface area contributed by atoms with Crippen LogP contribution in [0.15, 0.2) is 126 Å². The van der Waals surface area contributed by atoms with Crippen LogP contribution in [0.25, 0.3) is 0 Å². The number of nitrogens with one attached hydrogen (secondary N) is 2. The molecule has 1 fully saturated rings. The van der Waals surface area contributed by atoms with Crippen LogP contribution < -0.4 is 10.0 Å². The van der Waals surface area contributed by atoms with Crippen molar-refractivity contribution in [2.45, 2.75) is 67.5 Å². The predicted molar refractivity (Wildman–Crippen MR) is 196 cm³/mol. The molecule has 2 heterocycles. The van der Waals surface area contributed by atoms with Crippen LogP contribution in [0, 0.1) is 6.92 Å². The molecule has 4 aromatic carbocycles. The van der Waals surface area contributed by atoms with Crippen LogP contribution in [-0.4, -0.2) is 46.9 Å². The molecule has 0 radical (unpaired) electrons. The van der Waals surface area contributed by atoms with Crippen molar-refractivity contribution in [2.75, 3.05) is 5.75 Å². The van der Waals surface area contributed by atoms with Gasteiger partial charge in [-0.2, -0.15) is 4.72 Å². The number of ether oxygens (including phenoxy) is 2. The van der Waals surface area contributed by atoms with Crippen molar-refractivity contribution in [3.05, 3.63) is 149 Å². The first-order chi connectivity index (χ1) is 24.7. The summed E-state index contributed by atoms with van der Waals surface area (Å²) in [5, 5.41) is 13.3. The number of imidazole rings is 1. The number of aliphatic hydroxyl groups is 1. The van der Waals surface area contributed by atoms with Crippen molar-refractivity contribution in [3.63, 3.8) is 0 Å². The van der Waals surface area contributed by atoms with Crippen LogP contribution in [0.5, 0.6) is 0 Å². The third kappa shape index (κ3) is 9.73. The van der Waals surface area contributed by atoms with Crippen molar-refractivity contribution in [1.82, 2.24) is 19.6 Å². The van der Waals surface area contributed by atoms with E-state index in [0.717, 1.165) is 38.5 Å². The zero-order valence-corrected chi connectivity index (χ0v) is 30.1. The molecule has 4 atom stereocenters. The van der Waals surface area contributed by atoms with E-state index < -0.39 is 28.3 Å². The lowest BCUT2D eigenvalue weighted by Gasteiger charge is -2.36. The summed E-state index contributed by atoms with van der Waals surface area (Å²) in [4.78, 5) is 18.0. The van der Waals surface area contributed by atoms with E-state index >= 15 is 0 Å². The smallest absolute Gasteiger partial charge is 0.241 e. The highest BCUT2D eigenvalue weighted by Crippen LogP contribution is 2.39. The number of rotatable bonds is 14. The molecule has 12 heteroatoms. The van der Waals surface area contributed by atoms with E-state index in [1.54, 1.807) is 30.1 Å². The molecular formula is C39H42N4O6S2. The molecule has 6 rings (SSSR count). The molecule has 0 bridgehead atoms. The van der Waals surface area contributed by atoms with Gasteiger partial charge < -0.3 is 24.5 Å². The van der Waals surface area contributed by atoms with Gasteiger partial charge in [0, 0.05) is 43.7 Å². The third-order valence-electron chi connectivity index (χ3n) is 8.74. The van der Waals surface area contributed by atoms with Crippen LogP contribution in [0.2, 0.25) is 0 Å². The van der Waals surface area contributed by atoms with Gasteiger partial charge in [0.1, 0.15) is 6.04 Å². The Kier molecular flexibility index (Phi) is 12.0. The number of aliphatic hydroxyl groups excluding tert-OH is 1. The monoisotopic (exact) mass is 726 g/mol. The number of carbonyl (C=O) groups excluding carboxylic acids is 1. The first-order valence-corrected chi connectivity index (χ1v) is 19.2. The Bertz CT molecular complexity index is 1990. The summed E-state index contributed by atoms with van der Waals surface area (Å²) in [6.45, 7) is 2.06. The van der Waals surface area contributed by atoms with Gasteiger partial charge in [-0.1, -0.05) is 108 Å². The molecule has 3 N–H and O–H groups in total. The molecule has 1 amide bonds. The molecule has 1 saturated heterocycles. The van der Waals surface area contributed by atoms with Gasteiger partial charge in [0.25, 0.3) is 0 Å². The normalized spacial score (nSPS) is 18.3. The molecule has 5 aromatic rings. The average Bonchev–Trinajstić information content (AvgIpc) is 3.57. The maximum absolute atomic E-state index is 13.5. The summed E-state index contributed by atoms with van der Waals surface area (Å²) in [5.41, 5.74) is 5.28. The Morgan fingerprint density at radius 2 is 1.61 bits per heavy atom. The minimum atomic E-state index is -3.95. The summed E-state index contributed by atoms with van der Waals surface area (Å²) in [6.07, 6.45) is 3.59. The molecule has 0 aliphatic carbocycles. The second-order valence-corrected chi connectivity index (χ2v) is 15.3. The highest BCUT2D eigenvalue weighted by molar-refractivity contribution is 7.99. The second kappa shape index (κ2) is 16.8. The quantitative estimate of drug-likeness (QED) is 0.123. The highest BCUT2D eigenvalue weighted by atomic mass is 32.2. The number of sulfonamides is 1. The van der Waals surface area contributed by atoms with E-state index in [9.17, 15) is 18.3 Å². The summed E-state index contributed by atoms with van der Waals surface area (Å²) in [5.74, 6) is 0.262. The van der Waals surface area contributed by atoms with Crippen LogP contribution in [0.1, 0.15) is 52.2 Å². The largest absolute Gasteiger partial charge is 0.392 e. The van der Waals surface area contributed by atoms with E-state index in [-0.39, 0.29) is 36.7 Å². The molecule has 0 spiro atoms. The number of amides is 1. The zero-order valence-electron chi connectivity index (χ0n) is 28.5. The van der Waals surface area contributed by atoms with Crippen molar-refractivity contribution in [3.8, 4) is 0 Å². The lowest BCUT2D eigenvalue weighted by molar-refractivity contribution is -0.245. The number of aryl methyl sites for hydroxylation is 2. The fourth-order valence-electron chi connectivity index (χ4n) is 5.80. The molecule has 1 aliphatic rings. The molecule has 1 aromatic heterocycles. The lowest BCUT2D eigenvalue weighted by Crippen LogP contribution is -2.47. The number of thioether (sulfide) groups is 1. The summed E-state index contributed by atoms with van der Waals surface area (Å²) in [6, 6.07) is 30.3. The van der Waals surface area contributed by atoms with Gasteiger partial charge in [0.2, 0.25) is 15.9 Å². The van der Waals surface area contributed by atoms with Crippen LogP contribution >= 0.6 is 11.8 Å². The van der Waals surface area contributed by atoms with E-state index in [1.807, 2.05) is 104 Å². The van der Waals surface area contributed by atoms with Crippen molar-refractivity contribution in [1.29, 1.82) is 0 Å². The predicted octanol–water partition coefficient (Wildman–Crippen LogP) is 5.76. The molecule has 0 saturated carbocycles. The molecule has 0 unspecified atom stereocenters. The van der Waals surface area contributed by atoms with Crippen LogP contribution in [-0.2, 0) is 50.9 Å². The van der Waals surface area contributed by atoms with Gasteiger partial charge in [-0.05, 0) is 47.7 Å². The van der Waals surface area contributed by atoms with Crippen molar-refractivity contribution in [2.24, 2.45) is 7.05 Å². The Labute approximate surface area is 303 Å². The number of hydrogen-bond donors (Lipinski definition) is 3. The maximum atomic E-state index is 13.5. The number of carbonyl (C=O) groups is 1. The number of hydrogen-bond acceptors (Lipinski definition) is 8. The Morgan fingerprint density at radius 3 is 2.27 bits per heavy atom. The van der Waals surface area contributed by atoms with E-state index in [2.05, 4.69) is 15.0 Å². The lowest BCUT2D eigenvalue weighted by atomic mass is 10.0. The first-order valence-electron chi connectivity index (χ1n) is 16.8. The Morgan fingerprint density at radius 1 is 0.922 bits per heavy atom. The van der Waals surface area contributed by atoms with E-state index in [1.165, 1.54) is 12.1 Å². The standard InChI is InChI=1S/C39H42N4O6S2/c1-27-8-18-34(19-9-27)51(46,47)42-35(22-28-6-4-3-5-7-28)37(45)41-24-29-10-16-32(17-11-29)38-48-33(26-50-39-40-20-21-43(39)2)23-36(49-38)31-14-12-30(25-44)13-15-31/h3-21,33,35-36,38,42,44H,22-26H2,1-2H3,(H,41,45)/t33-,35+,36+,38+/m0/s1. The molecular weight excluding hydrogens is 685 g/mol. The first kappa shape index (κ1) is 36.5.